The monoisotopic (exact) mass is 399 g/mol. The molecule has 2 aliphatic heterocycles. The third-order valence-corrected chi connectivity index (χ3v) is 6.28. The van der Waals surface area contributed by atoms with Crippen LogP contribution in [-0.4, -0.2) is 54.9 Å². The Morgan fingerprint density at radius 2 is 1.83 bits per heavy atom. The van der Waals surface area contributed by atoms with Crippen LogP contribution in [0.4, 0.5) is 0 Å². The molecule has 1 atom stereocenters. The SMILES string of the molecule is CN=C(NCc1ccc(CN2CCC(C)CC2)cc1)N1CCCC(CC(N)=O)C1. The summed E-state index contributed by atoms with van der Waals surface area (Å²) >= 11 is 0. The van der Waals surface area contributed by atoms with Crippen LogP contribution in [-0.2, 0) is 17.9 Å². The van der Waals surface area contributed by atoms with Crippen molar-refractivity contribution in [3.8, 4) is 0 Å². The minimum absolute atomic E-state index is 0.209. The highest BCUT2D eigenvalue weighted by Crippen LogP contribution is 2.20. The topological polar surface area (TPSA) is 74.0 Å². The molecule has 2 aliphatic rings. The van der Waals surface area contributed by atoms with Gasteiger partial charge in [-0.3, -0.25) is 14.7 Å². The van der Waals surface area contributed by atoms with Crippen molar-refractivity contribution >= 4 is 11.9 Å². The molecule has 0 radical (unpaired) electrons. The lowest BCUT2D eigenvalue weighted by atomic mass is 9.95. The summed E-state index contributed by atoms with van der Waals surface area (Å²) in [6.45, 7) is 8.41. The van der Waals surface area contributed by atoms with E-state index in [2.05, 4.69) is 51.3 Å². The van der Waals surface area contributed by atoms with Gasteiger partial charge in [-0.15, -0.1) is 0 Å². The van der Waals surface area contributed by atoms with Gasteiger partial charge in [-0.2, -0.15) is 0 Å². The number of nitrogens with zero attached hydrogens (tertiary/aromatic N) is 3. The first-order valence-corrected chi connectivity index (χ1v) is 11.1. The van der Waals surface area contributed by atoms with E-state index in [1.165, 1.54) is 37.1 Å². The number of carbonyl (C=O) groups is 1. The number of likely N-dealkylation sites (tertiary alicyclic amines) is 2. The minimum atomic E-state index is -0.209. The molecule has 0 aromatic heterocycles. The van der Waals surface area contributed by atoms with Crippen LogP contribution in [0.1, 0.15) is 50.2 Å². The maximum Gasteiger partial charge on any atom is 0.217 e. The summed E-state index contributed by atoms with van der Waals surface area (Å²) < 4.78 is 0. The largest absolute Gasteiger partial charge is 0.370 e. The molecule has 6 nitrogen and oxygen atoms in total. The zero-order valence-corrected chi connectivity index (χ0v) is 18.1. The summed E-state index contributed by atoms with van der Waals surface area (Å²) in [6.07, 6.45) is 5.23. The predicted molar refractivity (Wildman–Crippen MR) is 118 cm³/mol. The normalized spacial score (nSPS) is 21.9. The van der Waals surface area contributed by atoms with E-state index in [0.717, 1.165) is 50.9 Å². The number of hydrogen-bond donors (Lipinski definition) is 2. The zero-order valence-electron chi connectivity index (χ0n) is 18.1. The molecule has 2 fully saturated rings. The van der Waals surface area contributed by atoms with Gasteiger partial charge < -0.3 is 16.0 Å². The Hall–Kier alpha value is -2.08. The van der Waals surface area contributed by atoms with Gasteiger partial charge in [0, 0.05) is 39.6 Å². The second-order valence-corrected chi connectivity index (χ2v) is 8.80. The van der Waals surface area contributed by atoms with Crippen LogP contribution in [0.2, 0.25) is 0 Å². The average Bonchev–Trinajstić information content (AvgIpc) is 2.71. The number of guanidine groups is 1. The van der Waals surface area contributed by atoms with Crippen LogP contribution in [0, 0.1) is 11.8 Å². The molecule has 0 spiro atoms. The molecule has 1 amide bonds. The number of carbonyl (C=O) groups excluding carboxylic acids is 1. The Bertz CT molecular complexity index is 679. The summed E-state index contributed by atoms with van der Waals surface area (Å²) in [4.78, 5) is 20.5. The lowest BCUT2D eigenvalue weighted by molar-refractivity contribution is -0.119. The van der Waals surface area contributed by atoms with Crippen molar-refractivity contribution in [2.24, 2.45) is 22.6 Å². The van der Waals surface area contributed by atoms with E-state index in [-0.39, 0.29) is 5.91 Å². The van der Waals surface area contributed by atoms with E-state index < -0.39 is 0 Å². The molecule has 2 saturated heterocycles. The van der Waals surface area contributed by atoms with Gasteiger partial charge in [-0.25, -0.2) is 0 Å². The van der Waals surface area contributed by atoms with Gasteiger partial charge in [0.25, 0.3) is 0 Å². The first-order chi connectivity index (χ1) is 14.0. The number of benzene rings is 1. The Balaban J connectivity index is 1.47. The maximum atomic E-state index is 11.2. The summed E-state index contributed by atoms with van der Waals surface area (Å²) in [5.41, 5.74) is 8.03. The Morgan fingerprint density at radius 1 is 1.14 bits per heavy atom. The number of primary amides is 1. The second-order valence-electron chi connectivity index (χ2n) is 8.80. The van der Waals surface area contributed by atoms with Crippen molar-refractivity contribution in [3.05, 3.63) is 35.4 Å². The van der Waals surface area contributed by atoms with Crippen LogP contribution < -0.4 is 11.1 Å². The molecule has 1 aromatic carbocycles. The lowest BCUT2D eigenvalue weighted by Crippen LogP contribution is -2.46. The van der Waals surface area contributed by atoms with E-state index in [9.17, 15) is 4.79 Å². The van der Waals surface area contributed by atoms with Gasteiger partial charge in [0.05, 0.1) is 0 Å². The molecule has 3 rings (SSSR count). The van der Waals surface area contributed by atoms with E-state index in [1.54, 1.807) is 0 Å². The van der Waals surface area contributed by atoms with Gasteiger partial charge >= 0.3 is 0 Å². The molecule has 2 heterocycles. The number of nitrogens with two attached hydrogens (primary N) is 1. The first kappa shape index (κ1) is 21.6. The average molecular weight is 400 g/mol. The maximum absolute atomic E-state index is 11.2. The summed E-state index contributed by atoms with van der Waals surface area (Å²) in [5, 5.41) is 3.48. The van der Waals surface area contributed by atoms with Crippen LogP contribution in [0.15, 0.2) is 29.3 Å². The Labute approximate surface area is 175 Å². The second kappa shape index (κ2) is 10.6. The molecule has 29 heavy (non-hydrogen) atoms. The fourth-order valence-electron chi connectivity index (χ4n) is 4.46. The molecule has 160 valence electrons. The molecule has 0 aliphatic carbocycles. The molecule has 0 saturated carbocycles. The molecular weight excluding hydrogens is 362 g/mol. The molecular formula is C23H37N5O. The van der Waals surface area contributed by atoms with Crippen molar-refractivity contribution in [3.63, 3.8) is 0 Å². The first-order valence-electron chi connectivity index (χ1n) is 11.1. The number of nitrogens with one attached hydrogen (secondary N) is 1. The molecule has 6 heteroatoms. The molecule has 0 bridgehead atoms. The third kappa shape index (κ3) is 6.74. The number of amides is 1. The highest BCUT2D eigenvalue weighted by molar-refractivity contribution is 5.80. The van der Waals surface area contributed by atoms with Gasteiger partial charge in [-0.1, -0.05) is 31.2 Å². The Kier molecular flexibility index (Phi) is 7.92. The number of aliphatic imine (C=N–C) groups is 1. The van der Waals surface area contributed by atoms with E-state index in [1.807, 2.05) is 7.05 Å². The van der Waals surface area contributed by atoms with Crippen molar-refractivity contribution < 1.29 is 4.79 Å². The summed E-state index contributed by atoms with van der Waals surface area (Å²) in [5.74, 6) is 1.90. The van der Waals surface area contributed by atoms with Gasteiger partial charge in [0.15, 0.2) is 5.96 Å². The quantitative estimate of drug-likeness (QED) is 0.570. The van der Waals surface area contributed by atoms with Crippen molar-refractivity contribution in [2.75, 3.05) is 33.2 Å². The van der Waals surface area contributed by atoms with Crippen LogP contribution in [0.5, 0.6) is 0 Å². The highest BCUT2D eigenvalue weighted by atomic mass is 16.1. The van der Waals surface area contributed by atoms with Gasteiger partial charge in [0.1, 0.15) is 0 Å². The van der Waals surface area contributed by atoms with Crippen molar-refractivity contribution in [1.29, 1.82) is 0 Å². The van der Waals surface area contributed by atoms with E-state index in [0.29, 0.717) is 12.3 Å². The zero-order chi connectivity index (χ0) is 20.6. The van der Waals surface area contributed by atoms with Crippen molar-refractivity contribution in [2.45, 2.75) is 52.1 Å². The smallest absolute Gasteiger partial charge is 0.217 e. The number of hydrogen-bond acceptors (Lipinski definition) is 3. The minimum Gasteiger partial charge on any atom is -0.370 e. The molecule has 3 N–H and O–H groups in total. The molecule has 1 aromatic rings. The number of rotatable bonds is 6. The predicted octanol–water partition coefficient (Wildman–Crippen LogP) is 2.58. The molecule has 1 unspecified atom stereocenters. The third-order valence-electron chi connectivity index (χ3n) is 6.28. The lowest BCUT2D eigenvalue weighted by Gasteiger charge is -2.34. The Morgan fingerprint density at radius 3 is 2.48 bits per heavy atom. The summed E-state index contributed by atoms with van der Waals surface area (Å²) in [7, 11) is 1.82. The van der Waals surface area contributed by atoms with Crippen LogP contribution in [0.3, 0.4) is 0 Å². The van der Waals surface area contributed by atoms with Crippen LogP contribution >= 0.6 is 0 Å². The van der Waals surface area contributed by atoms with Crippen molar-refractivity contribution in [1.82, 2.24) is 15.1 Å². The van der Waals surface area contributed by atoms with Gasteiger partial charge in [0.2, 0.25) is 5.91 Å². The van der Waals surface area contributed by atoms with E-state index in [4.69, 9.17) is 5.73 Å². The number of piperidine rings is 2. The van der Waals surface area contributed by atoms with E-state index >= 15 is 0 Å². The standard InChI is InChI=1S/C23H37N5O/c1-18-9-12-27(13-10-18)16-20-7-5-19(6-8-20)15-26-23(25-2)28-11-3-4-21(17-28)14-22(24)29/h5-8,18,21H,3-4,9-17H2,1-2H3,(H2,24,29)(H,25,26). The van der Waals surface area contributed by atoms with Gasteiger partial charge in [-0.05, 0) is 61.7 Å². The van der Waals surface area contributed by atoms with Crippen LogP contribution in [0.25, 0.3) is 0 Å². The summed E-state index contributed by atoms with van der Waals surface area (Å²) in [6, 6.07) is 8.94. The highest BCUT2D eigenvalue weighted by Gasteiger charge is 2.23. The fraction of sp³-hybridized carbons (Fsp3) is 0.652. The fourth-order valence-corrected chi connectivity index (χ4v) is 4.46.